The van der Waals surface area contributed by atoms with E-state index in [-0.39, 0.29) is 5.91 Å². The molecule has 1 fully saturated rings. The van der Waals surface area contributed by atoms with E-state index < -0.39 is 6.10 Å². The summed E-state index contributed by atoms with van der Waals surface area (Å²) in [6.07, 6.45) is 1.43. The largest absolute Gasteiger partial charge is 0.384 e. The van der Waals surface area contributed by atoms with Gasteiger partial charge in [-0.2, -0.15) is 0 Å². The summed E-state index contributed by atoms with van der Waals surface area (Å²) < 4.78 is 0. The number of carbonyl (C=O) groups excluding carboxylic acids is 1. The third-order valence-corrected chi connectivity index (χ3v) is 2.33. The molecule has 3 nitrogen and oxygen atoms in total. The number of carbonyl (C=O) groups is 1. The number of hydrogen-bond acceptors (Lipinski definition) is 2. The van der Waals surface area contributed by atoms with Gasteiger partial charge in [0.2, 0.25) is 0 Å². The molecule has 1 saturated heterocycles. The fraction of sp³-hybridized carbons (Fsp3) is 0.889. The topological polar surface area (TPSA) is 40.5 Å². The van der Waals surface area contributed by atoms with Crippen LogP contribution in [0.4, 0.5) is 0 Å². The van der Waals surface area contributed by atoms with Crippen LogP contribution in [0, 0.1) is 5.92 Å². The fourth-order valence-electron chi connectivity index (χ4n) is 1.65. The summed E-state index contributed by atoms with van der Waals surface area (Å²) in [4.78, 5) is 13.1. The number of aliphatic hydroxyl groups is 1. The first kappa shape index (κ1) is 9.52. The van der Waals surface area contributed by atoms with Gasteiger partial charge >= 0.3 is 0 Å². The van der Waals surface area contributed by atoms with Crippen LogP contribution in [0.5, 0.6) is 0 Å². The first-order valence-corrected chi connectivity index (χ1v) is 4.58. The smallest absolute Gasteiger partial charge is 0.251 e. The van der Waals surface area contributed by atoms with Gasteiger partial charge in [0.1, 0.15) is 6.10 Å². The van der Waals surface area contributed by atoms with Gasteiger partial charge in [-0.1, -0.05) is 6.92 Å². The monoisotopic (exact) mass is 171 g/mol. The van der Waals surface area contributed by atoms with Crippen LogP contribution in [0.1, 0.15) is 26.7 Å². The van der Waals surface area contributed by atoms with Crippen LogP contribution in [-0.4, -0.2) is 35.1 Å². The molecule has 1 rings (SSSR count). The highest BCUT2D eigenvalue weighted by atomic mass is 16.3. The normalized spacial score (nSPS) is 26.9. The number of nitrogens with zero attached hydrogens (tertiary/aromatic N) is 1. The molecule has 70 valence electrons. The second kappa shape index (κ2) is 3.90. The molecule has 3 heteroatoms. The van der Waals surface area contributed by atoms with Gasteiger partial charge in [-0.15, -0.1) is 0 Å². The summed E-state index contributed by atoms with van der Waals surface area (Å²) >= 11 is 0. The first-order chi connectivity index (χ1) is 5.61. The first-order valence-electron chi connectivity index (χ1n) is 4.58. The van der Waals surface area contributed by atoms with Crippen LogP contribution in [0.2, 0.25) is 0 Å². The van der Waals surface area contributed by atoms with Gasteiger partial charge in [-0.05, 0) is 25.7 Å². The Morgan fingerprint density at radius 3 is 2.83 bits per heavy atom. The third-order valence-electron chi connectivity index (χ3n) is 2.33. The van der Waals surface area contributed by atoms with Gasteiger partial charge in [0.15, 0.2) is 0 Å². The van der Waals surface area contributed by atoms with E-state index in [9.17, 15) is 4.79 Å². The summed E-state index contributed by atoms with van der Waals surface area (Å²) in [7, 11) is 0. The zero-order valence-electron chi connectivity index (χ0n) is 7.79. The van der Waals surface area contributed by atoms with Crippen molar-refractivity contribution in [1.29, 1.82) is 0 Å². The Labute approximate surface area is 73.4 Å². The lowest BCUT2D eigenvalue weighted by molar-refractivity contribution is -0.140. The van der Waals surface area contributed by atoms with E-state index in [2.05, 4.69) is 6.92 Å². The van der Waals surface area contributed by atoms with Crippen LogP contribution < -0.4 is 0 Å². The summed E-state index contributed by atoms with van der Waals surface area (Å²) in [5, 5.41) is 9.07. The van der Waals surface area contributed by atoms with Crippen molar-refractivity contribution in [2.75, 3.05) is 13.1 Å². The van der Waals surface area contributed by atoms with Crippen molar-refractivity contribution < 1.29 is 9.90 Å². The fourth-order valence-corrected chi connectivity index (χ4v) is 1.65. The van der Waals surface area contributed by atoms with Crippen LogP contribution in [-0.2, 0) is 4.79 Å². The molecule has 0 aromatic heterocycles. The molecule has 0 spiro atoms. The van der Waals surface area contributed by atoms with E-state index in [1.165, 1.54) is 13.3 Å². The number of likely N-dealkylation sites (tertiary alicyclic amines) is 1. The van der Waals surface area contributed by atoms with Crippen LogP contribution in [0.3, 0.4) is 0 Å². The highest BCUT2D eigenvalue weighted by Gasteiger charge is 2.23. The minimum atomic E-state index is -0.838. The maximum atomic E-state index is 11.3. The van der Waals surface area contributed by atoms with Crippen molar-refractivity contribution in [2.24, 2.45) is 5.92 Å². The molecule has 2 unspecified atom stereocenters. The highest BCUT2D eigenvalue weighted by molar-refractivity contribution is 5.80. The van der Waals surface area contributed by atoms with E-state index in [0.717, 1.165) is 19.5 Å². The number of aliphatic hydroxyl groups excluding tert-OH is 1. The van der Waals surface area contributed by atoms with E-state index in [4.69, 9.17) is 5.11 Å². The van der Waals surface area contributed by atoms with Crippen molar-refractivity contribution in [3.63, 3.8) is 0 Å². The second-order valence-corrected chi connectivity index (χ2v) is 3.71. The minimum Gasteiger partial charge on any atom is -0.384 e. The molecular weight excluding hydrogens is 154 g/mol. The molecule has 1 amide bonds. The Morgan fingerprint density at radius 1 is 1.67 bits per heavy atom. The Bertz CT molecular complexity index is 168. The van der Waals surface area contributed by atoms with Crippen molar-refractivity contribution >= 4 is 5.91 Å². The van der Waals surface area contributed by atoms with E-state index >= 15 is 0 Å². The highest BCUT2D eigenvalue weighted by Crippen LogP contribution is 2.15. The molecule has 1 aliphatic heterocycles. The lowest BCUT2D eigenvalue weighted by Crippen LogP contribution is -2.43. The number of rotatable bonds is 1. The van der Waals surface area contributed by atoms with Gasteiger partial charge in [0.05, 0.1) is 0 Å². The number of amides is 1. The summed E-state index contributed by atoms with van der Waals surface area (Å²) in [6.45, 7) is 5.29. The third kappa shape index (κ3) is 2.21. The molecule has 0 aliphatic carbocycles. The zero-order valence-corrected chi connectivity index (χ0v) is 7.79. The molecule has 0 bridgehead atoms. The molecule has 1 aliphatic rings. The molecule has 0 saturated carbocycles. The van der Waals surface area contributed by atoms with Crippen molar-refractivity contribution in [3.05, 3.63) is 0 Å². The molecular formula is C9H17NO2. The van der Waals surface area contributed by atoms with Crippen molar-refractivity contribution in [2.45, 2.75) is 32.8 Å². The van der Waals surface area contributed by atoms with Gasteiger partial charge < -0.3 is 10.0 Å². The Balaban J connectivity index is 2.46. The molecule has 0 aromatic rings. The zero-order chi connectivity index (χ0) is 9.14. The maximum Gasteiger partial charge on any atom is 0.251 e. The second-order valence-electron chi connectivity index (χ2n) is 3.71. The van der Waals surface area contributed by atoms with E-state index in [1.807, 2.05) is 0 Å². The lowest BCUT2D eigenvalue weighted by atomic mass is 10.00. The van der Waals surface area contributed by atoms with Gasteiger partial charge in [0, 0.05) is 13.1 Å². The van der Waals surface area contributed by atoms with Crippen molar-refractivity contribution in [3.8, 4) is 0 Å². The molecule has 1 N–H and O–H groups in total. The average Bonchev–Trinajstić information content (AvgIpc) is 2.03. The Hall–Kier alpha value is -0.570. The van der Waals surface area contributed by atoms with Crippen LogP contribution >= 0.6 is 0 Å². The van der Waals surface area contributed by atoms with E-state index in [0.29, 0.717) is 5.92 Å². The van der Waals surface area contributed by atoms with E-state index in [1.54, 1.807) is 4.90 Å². The van der Waals surface area contributed by atoms with Crippen LogP contribution in [0.25, 0.3) is 0 Å². The Kier molecular flexibility index (Phi) is 3.09. The van der Waals surface area contributed by atoms with Gasteiger partial charge in [-0.25, -0.2) is 0 Å². The average molecular weight is 171 g/mol. The Morgan fingerprint density at radius 2 is 2.33 bits per heavy atom. The summed E-state index contributed by atoms with van der Waals surface area (Å²) in [5.74, 6) is 0.461. The van der Waals surface area contributed by atoms with Gasteiger partial charge in [-0.3, -0.25) is 4.79 Å². The molecule has 0 radical (unpaired) electrons. The SMILES string of the molecule is CC1CCCN(C(=O)C(C)O)C1. The molecule has 1 heterocycles. The number of piperidine rings is 1. The quantitative estimate of drug-likeness (QED) is 0.628. The lowest BCUT2D eigenvalue weighted by Gasteiger charge is -2.31. The predicted octanol–water partition coefficient (Wildman–Crippen LogP) is 0.626. The summed E-state index contributed by atoms with van der Waals surface area (Å²) in [5.41, 5.74) is 0. The standard InChI is InChI=1S/C9H17NO2/c1-7-4-3-5-10(6-7)9(12)8(2)11/h7-8,11H,3-6H2,1-2H3. The van der Waals surface area contributed by atoms with Crippen molar-refractivity contribution in [1.82, 2.24) is 4.90 Å². The maximum absolute atomic E-state index is 11.3. The molecule has 0 aromatic carbocycles. The molecule has 12 heavy (non-hydrogen) atoms. The molecule has 2 atom stereocenters. The van der Waals surface area contributed by atoms with Crippen LogP contribution in [0.15, 0.2) is 0 Å². The summed E-state index contributed by atoms with van der Waals surface area (Å²) in [6, 6.07) is 0. The predicted molar refractivity (Wildman–Crippen MR) is 46.7 cm³/mol. The van der Waals surface area contributed by atoms with Gasteiger partial charge in [0.25, 0.3) is 5.91 Å². The number of hydrogen-bond donors (Lipinski definition) is 1. The minimum absolute atomic E-state index is 0.124.